The van der Waals surface area contributed by atoms with Gasteiger partial charge in [-0.1, -0.05) is 44.0 Å². The van der Waals surface area contributed by atoms with Crippen molar-refractivity contribution in [3.8, 4) is 21.8 Å². The molecule has 0 unspecified atom stereocenters. The van der Waals surface area contributed by atoms with E-state index in [4.69, 9.17) is 0 Å². The first kappa shape index (κ1) is 13.9. The van der Waals surface area contributed by atoms with Crippen LogP contribution >= 0.6 is 43.2 Å². The zero-order chi connectivity index (χ0) is 14.1. The second-order valence-electron chi connectivity index (χ2n) is 4.17. The fourth-order valence-electron chi connectivity index (χ4n) is 1.85. The molecule has 0 aliphatic carbocycles. The lowest BCUT2D eigenvalue weighted by molar-refractivity contribution is 0.630. The number of nitrogens with zero attached hydrogens (tertiary/aromatic N) is 1. The number of benzene rings is 2. The molecular formula is C15H8Br2FNS. The van der Waals surface area contributed by atoms with Crippen LogP contribution in [0.3, 0.4) is 0 Å². The smallest absolute Gasteiger partial charge is 0.133 e. The summed E-state index contributed by atoms with van der Waals surface area (Å²) in [7, 11) is 0. The molecule has 3 rings (SSSR count). The van der Waals surface area contributed by atoms with E-state index < -0.39 is 0 Å². The fourth-order valence-corrected chi connectivity index (χ4v) is 3.40. The van der Waals surface area contributed by atoms with Gasteiger partial charge in [0, 0.05) is 25.5 Å². The molecule has 0 atom stereocenters. The lowest BCUT2D eigenvalue weighted by Gasteiger charge is -2.00. The summed E-state index contributed by atoms with van der Waals surface area (Å²) in [6.07, 6.45) is 0. The van der Waals surface area contributed by atoms with Gasteiger partial charge in [0.05, 0.1) is 5.69 Å². The first-order valence-corrected chi connectivity index (χ1v) is 8.27. The van der Waals surface area contributed by atoms with E-state index in [1.807, 2.05) is 35.7 Å². The van der Waals surface area contributed by atoms with E-state index >= 15 is 0 Å². The molecule has 1 nitrogen and oxygen atoms in total. The van der Waals surface area contributed by atoms with Crippen LogP contribution in [0.25, 0.3) is 21.8 Å². The molecule has 0 N–H and O–H groups in total. The number of hydrogen-bond donors (Lipinski definition) is 0. The van der Waals surface area contributed by atoms with E-state index in [1.165, 1.54) is 17.4 Å². The molecule has 0 aliphatic heterocycles. The summed E-state index contributed by atoms with van der Waals surface area (Å²) >= 11 is 8.21. The van der Waals surface area contributed by atoms with Gasteiger partial charge in [0.1, 0.15) is 10.8 Å². The third-order valence-electron chi connectivity index (χ3n) is 2.78. The Morgan fingerprint density at radius 3 is 2.55 bits per heavy atom. The molecule has 5 heteroatoms. The zero-order valence-corrected chi connectivity index (χ0v) is 14.1. The molecule has 0 radical (unpaired) electrons. The predicted molar refractivity (Wildman–Crippen MR) is 88.3 cm³/mol. The average Bonchev–Trinajstić information content (AvgIpc) is 2.88. The van der Waals surface area contributed by atoms with Crippen LogP contribution in [-0.2, 0) is 0 Å². The highest BCUT2D eigenvalue weighted by Gasteiger charge is 2.11. The zero-order valence-electron chi connectivity index (χ0n) is 10.1. The topological polar surface area (TPSA) is 12.9 Å². The van der Waals surface area contributed by atoms with Crippen LogP contribution in [-0.4, -0.2) is 4.98 Å². The maximum atomic E-state index is 13.9. The third kappa shape index (κ3) is 2.85. The van der Waals surface area contributed by atoms with Crippen molar-refractivity contribution in [2.75, 3.05) is 0 Å². The summed E-state index contributed by atoms with van der Waals surface area (Å²) in [4.78, 5) is 4.52. The number of thiazole rings is 1. The summed E-state index contributed by atoms with van der Waals surface area (Å²) in [5, 5.41) is 2.76. The summed E-state index contributed by atoms with van der Waals surface area (Å²) in [5.41, 5.74) is 2.20. The summed E-state index contributed by atoms with van der Waals surface area (Å²) < 4.78 is 15.7. The van der Waals surface area contributed by atoms with Crippen LogP contribution < -0.4 is 0 Å². The molecule has 100 valence electrons. The highest BCUT2D eigenvalue weighted by Crippen LogP contribution is 2.32. The maximum Gasteiger partial charge on any atom is 0.133 e. The normalized spacial score (nSPS) is 10.8. The monoisotopic (exact) mass is 411 g/mol. The lowest BCUT2D eigenvalue weighted by Crippen LogP contribution is -1.85. The second-order valence-corrected chi connectivity index (χ2v) is 6.86. The SMILES string of the molecule is Fc1cc(Br)ccc1-c1csc(-c2cccc(Br)c2)n1. The van der Waals surface area contributed by atoms with Crippen molar-refractivity contribution in [2.24, 2.45) is 0 Å². The molecule has 20 heavy (non-hydrogen) atoms. The van der Waals surface area contributed by atoms with Crippen molar-refractivity contribution in [1.82, 2.24) is 4.98 Å². The van der Waals surface area contributed by atoms with E-state index in [2.05, 4.69) is 36.8 Å². The van der Waals surface area contributed by atoms with Crippen molar-refractivity contribution in [3.63, 3.8) is 0 Å². The van der Waals surface area contributed by atoms with Crippen molar-refractivity contribution in [2.45, 2.75) is 0 Å². The van der Waals surface area contributed by atoms with Crippen LogP contribution in [0.5, 0.6) is 0 Å². The minimum atomic E-state index is -0.273. The van der Waals surface area contributed by atoms with Gasteiger partial charge in [-0.05, 0) is 30.3 Å². The van der Waals surface area contributed by atoms with Crippen LogP contribution in [0.4, 0.5) is 4.39 Å². The largest absolute Gasteiger partial charge is 0.236 e. The van der Waals surface area contributed by atoms with Crippen LogP contribution in [0.1, 0.15) is 0 Å². The molecule has 1 aromatic heterocycles. The van der Waals surface area contributed by atoms with E-state index in [0.717, 1.165) is 19.5 Å². The van der Waals surface area contributed by atoms with E-state index in [1.54, 1.807) is 6.07 Å². The minimum absolute atomic E-state index is 0.273. The molecule has 0 aliphatic rings. The Morgan fingerprint density at radius 2 is 1.80 bits per heavy atom. The Morgan fingerprint density at radius 1 is 1.00 bits per heavy atom. The van der Waals surface area contributed by atoms with Gasteiger partial charge in [-0.25, -0.2) is 9.37 Å². The summed E-state index contributed by atoms with van der Waals surface area (Å²) in [6, 6.07) is 12.9. The van der Waals surface area contributed by atoms with Crippen LogP contribution in [0.2, 0.25) is 0 Å². The van der Waals surface area contributed by atoms with Gasteiger partial charge in [-0.3, -0.25) is 0 Å². The van der Waals surface area contributed by atoms with E-state index in [9.17, 15) is 4.39 Å². The van der Waals surface area contributed by atoms with Crippen LogP contribution in [0.15, 0.2) is 56.8 Å². The summed E-state index contributed by atoms with van der Waals surface area (Å²) in [5.74, 6) is -0.273. The van der Waals surface area contributed by atoms with Crippen molar-refractivity contribution >= 4 is 43.2 Å². The molecule has 0 saturated carbocycles. The highest BCUT2D eigenvalue weighted by molar-refractivity contribution is 9.10. The molecule has 0 fully saturated rings. The van der Waals surface area contributed by atoms with Gasteiger partial charge in [0.25, 0.3) is 0 Å². The number of aromatic nitrogens is 1. The van der Waals surface area contributed by atoms with Gasteiger partial charge in [0.15, 0.2) is 0 Å². The minimum Gasteiger partial charge on any atom is -0.236 e. The number of halogens is 3. The van der Waals surface area contributed by atoms with Gasteiger partial charge in [-0.2, -0.15) is 0 Å². The van der Waals surface area contributed by atoms with E-state index in [0.29, 0.717) is 11.3 Å². The molecule has 0 saturated heterocycles. The molecule has 2 aromatic carbocycles. The Kier molecular flexibility index (Phi) is 4.01. The average molecular weight is 413 g/mol. The predicted octanol–water partition coefficient (Wildman–Crippen LogP) is 6.14. The van der Waals surface area contributed by atoms with Gasteiger partial charge in [0.2, 0.25) is 0 Å². The molecule has 0 bridgehead atoms. The molecule has 1 heterocycles. The number of hydrogen-bond acceptors (Lipinski definition) is 2. The fraction of sp³-hybridized carbons (Fsp3) is 0. The Hall–Kier alpha value is -1.04. The Balaban J connectivity index is 2.02. The Labute approximate surface area is 136 Å². The number of rotatable bonds is 2. The standard InChI is InChI=1S/C15H8Br2FNS/c16-10-3-1-2-9(6-10)15-19-14(8-20-15)12-5-4-11(17)7-13(12)18/h1-8H. The maximum absolute atomic E-state index is 13.9. The second kappa shape index (κ2) is 5.76. The molecule has 0 spiro atoms. The Bertz CT molecular complexity index is 770. The van der Waals surface area contributed by atoms with Crippen molar-refractivity contribution in [1.29, 1.82) is 0 Å². The molecular weight excluding hydrogens is 405 g/mol. The van der Waals surface area contributed by atoms with Gasteiger partial charge < -0.3 is 0 Å². The third-order valence-corrected chi connectivity index (χ3v) is 4.66. The molecule has 0 amide bonds. The van der Waals surface area contributed by atoms with E-state index in [-0.39, 0.29) is 5.82 Å². The molecule has 3 aromatic rings. The highest BCUT2D eigenvalue weighted by atomic mass is 79.9. The lowest BCUT2D eigenvalue weighted by atomic mass is 10.1. The first-order chi connectivity index (χ1) is 9.63. The summed E-state index contributed by atoms with van der Waals surface area (Å²) in [6.45, 7) is 0. The van der Waals surface area contributed by atoms with Crippen molar-refractivity contribution < 1.29 is 4.39 Å². The first-order valence-electron chi connectivity index (χ1n) is 5.80. The van der Waals surface area contributed by atoms with Crippen molar-refractivity contribution in [3.05, 3.63) is 62.6 Å². The van der Waals surface area contributed by atoms with Gasteiger partial charge >= 0.3 is 0 Å². The van der Waals surface area contributed by atoms with Gasteiger partial charge in [-0.15, -0.1) is 11.3 Å². The van der Waals surface area contributed by atoms with Crippen LogP contribution in [0, 0.1) is 5.82 Å². The quantitative estimate of drug-likeness (QED) is 0.492.